The summed E-state index contributed by atoms with van der Waals surface area (Å²) in [6, 6.07) is 15.7. The molecule has 0 aliphatic heterocycles. The number of para-hydroxylation sites is 1. The van der Waals surface area contributed by atoms with Crippen molar-refractivity contribution in [1.29, 1.82) is 0 Å². The van der Waals surface area contributed by atoms with Gasteiger partial charge >= 0.3 is 0 Å². The lowest BCUT2D eigenvalue weighted by Crippen LogP contribution is -2.38. The van der Waals surface area contributed by atoms with Gasteiger partial charge in [0.05, 0.1) is 17.9 Å². The molecule has 0 spiro atoms. The topological polar surface area (TPSA) is 96.2 Å². The lowest BCUT2D eigenvalue weighted by molar-refractivity contribution is -0.116. The third kappa shape index (κ3) is 6.41. The molecule has 0 fully saturated rings. The maximum Gasteiger partial charge on any atom is 0.227 e. The van der Waals surface area contributed by atoms with E-state index in [1.807, 2.05) is 62.7 Å². The lowest BCUT2D eigenvalue weighted by atomic mass is 10.2. The molecule has 8 heteroatoms. The first kappa shape index (κ1) is 23.0. The Hall–Kier alpha value is -3.68. The standard InChI is InChI=1S/C24H31N7O/c1-5-25-24(26-14-13-23(32)29-22-12-8-9-17(2)28-22)27-16-20-10-6-7-11-21(20)31-19(4)15-18(3)30-31/h6-12,15H,5,13-14,16H2,1-4H3,(H2,25,26,27)(H,28,29,32). The molecule has 32 heavy (non-hydrogen) atoms. The minimum atomic E-state index is -0.0960. The zero-order chi connectivity index (χ0) is 22.9. The van der Waals surface area contributed by atoms with Crippen LogP contribution in [0, 0.1) is 20.8 Å². The van der Waals surface area contributed by atoms with Crippen LogP contribution < -0.4 is 16.0 Å². The third-order valence-electron chi connectivity index (χ3n) is 4.78. The van der Waals surface area contributed by atoms with Gasteiger partial charge in [0.15, 0.2) is 5.96 Å². The SMILES string of the molecule is CCNC(=NCc1ccccc1-n1nc(C)cc1C)NCCC(=O)Nc1cccc(C)n1. The first-order valence-corrected chi connectivity index (χ1v) is 10.8. The number of pyridine rings is 1. The summed E-state index contributed by atoms with van der Waals surface area (Å²) in [7, 11) is 0. The number of hydrogen-bond acceptors (Lipinski definition) is 4. The number of rotatable bonds is 8. The van der Waals surface area contributed by atoms with E-state index in [4.69, 9.17) is 4.99 Å². The largest absolute Gasteiger partial charge is 0.357 e. The second-order valence-corrected chi connectivity index (χ2v) is 7.55. The summed E-state index contributed by atoms with van der Waals surface area (Å²) in [5.41, 5.74) is 5.01. The van der Waals surface area contributed by atoms with Crippen LogP contribution in [0.4, 0.5) is 5.82 Å². The molecule has 1 amide bonds. The summed E-state index contributed by atoms with van der Waals surface area (Å²) < 4.78 is 1.95. The van der Waals surface area contributed by atoms with Crippen molar-refractivity contribution in [2.75, 3.05) is 18.4 Å². The Labute approximate surface area is 189 Å². The van der Waals surface area contributed by atoms with Crippen LogP contribution in [0.3, 0.4) is 0 Å². The van der Waals surface area contributed by atoms with Gasteiger partial charge in [-0.05, 0) is 57.5 Å². The predicted molar refractivity (Wildman–Crippen MR) is 128 cm³/mol. The number of aromatic nitrogens is 3. The molecule has 0 saturated heterocycles. The number of carbonyl (C=O) groups excluding carboxylic acids is 1. The molecule has 1 aromatic carbocycles. The molecule has 0 bridgehead atoms. The van der Waals surface area contributed by atoms with Crippen molar-refractivity contribution in [3.63, 3.8) is 0 Å². The van der Waals surface area contributed by atoms with Crippen molar-refractivity contribution in [3.8, 4) is 5.69 Å². The van der Waals surface area contributed by atoms with Crippen LogP contribution in [0.5, 0.6) is 0 Å². The molecule has 2 heterocycles. The molecule has 3 N–H and O–H groups in total. The molecule has 8 nitrogen and oxygen atoms in total. The summed E-state index contributed by atoms with van der Waals surface area (Å²) in [5, 5.41) is 13.9. The van der Waals surface area contributed by atoms with E-state index in [9.17, 15) is 4.79 Å². The van der Waals surface area contributed by atoms with Crippen molar-refractivity contribution in [2.45, 2.75) is 40.7 Å². The Morgan fingerprint density at radius 2 is 1.84 bits per heavy atom. The fourth-order valence-electron chi connectivity index (χ4n) is 3.34. The highest BCUT2D eigenvalue weighted by atomic mass is 16.1. The van der Waals surface area contributed by atoms with Gasteiger partial charge in [0.1, 0.15) is 5.82 Å². The zero-order valence-electron chi connectivity index (χ0n) is 19.1. The van der Waals surface area contributed by atoms with Crippen molar-refractivity contribution < 1.29 is 4.79 Å². The van der Waals surface area contributed by atoms with E-state index >= 15 is 0 Å². The monoisotopic (exact) mass is 433 g/mol. The van der Waals surface area contributed by atoms with Gasteiger partial charge in [-0.3, -0.25) is 4.79 Å². The molecule has 0 saturated carbocycles. The minimum absolute atomic E-state index is 0.0960. The second kappa shape index (κ2) is 11.1. The van der Waals surface area contributed by atoms with E-state index in [-0.39, 0.29) is 5.91 Å². The minimum Gasteiger partial charge on any atom is -0.357 e. The van der Waals surface area contributed by atoms with Crippen molar-refractivity contribution >= 4 is 17.7 Å². The average Bonchev–Trinajstić information content (AvgIpc) is 3.10. The maximum absolute atomic E-state index is 12.2. The Kier molecular flexibility index (Phi) is 7.96. The Balaban J connectivity index is 1.61. The summed E-state index contributed by atoms with van der Waals surface area (Å²) >= 11 is 0. The van der Waals surface area contributed by atoms with Crippen LogP contribution >= 0.6 is 0 Å². The Morgan fingerprint density at radius 1 is 1.03 bits per heavy atom. The molecule has 0 radical (unpaired) electrons. The number of hydrogen-bond donors (Lipinski definition) is 3. The average molecular weight is 434 g/mol. The third-order valence-corrected chi connectivity index (χ3v) is 4.78. The van der Waals surface area contributed by atoms with Gasteiger partial charge in [0.2, 0.25) is 5.91 Å². The number of carbonyl (C=O) groups is 1. The van der Waals surface area contributed by atoms with Gasteiger partial charge in [0, 0.05) is 30.9 Å². The number of benzene rings is 1. The molecule has 168 valence electrons. The molecule has 0 aliphatic rings. The predicted octanol–water partition coefficient (Wildman–Crippen LogP) is 3.28. The fourth-order valence-corrected chi connectivity index (χ4v) is 3.34. The van der Waals surface area contributed by atoms with E-state index < -0.39 is 0 Å². The van der Waals surface area contributed by atoms with Crippen LogP contribution in [-0.2, 0) is 11.3 Å². The number of anilines is 1. The molecule has 2 aromatic heterocycles. The van der Waals surface area contributed by atoms with Gasteiger partial charge in [0.25, 0.3) is 0 Å². The number of guanidine groups is 1. The van der Waals surface area contributed by atoms with Gasteiger partial charge in [-0.15, -0.1) is 0 Å². The highest BCUT2D eigenvalue weighted by molar-refractivity contribution is 5.90. The number of nitrogens with one attached hydrogen (secondary N) is 3. The number of amides is 1. The van der Waals surface area contributed by atoms with Gasteiger partial charge in [-0.25, -0.2) is 14.7 Å². The molecular formula is C24H31N7O. The van der Waals surface area contributed by atoms with Gasteiger partial charge in [-0.2, -0.15) is 5.10 Å². The molecule has 3 aromatic rings. The van der Waals surface area contributed by atoms with Crippen LogP contribution in [0.2, 0.25) is 0 Å². The van der Waals surface area contributed by atoms with Gasteiger partial charge in [-0.1, -0.05) is 24.3 Å². The molecular weight excluding hydrogens is 402 g/mol. The second-order valence-electron chi connectivity index (χ2n) is 7.55. The molecule has 3 rings (SSSR count). The fraction of sp³-hybridized carbons (Fsp3) is 0.333. The van der Waals surface area contributed by atoms with Crippen LogP contribution in [0.25, 0.3) is 5.69 Å². The molecule has 0 aliphatic carbocycles. The number of nitrogens with zero attached hydrogens (tertiary/aromatic N) is 4. The van der Waals surface area contributed by atoms with E-state index in [1.54, 1.807) is 6.07 Å². The lowest BCUT2D eigenvalue weighted by Gasteiger charge is -2.13. The summed E-state index contributed by atoms with van der Waals surface area (Å²) in [4.78, 5) is 21.2. The van der Waals surface area contributed by atoms with Crippen molar-refractivity contribution in [2.24, 2.45) is 4.99 Å². The normalized spacial score (nSPS) is 11.3. The first-order chi connectivity index (χ1) is 15.5. The quantitative estimate of drug-likeness (QED) is 0.374. The molecule has 0 unspecified atom stereocenters. The zero-order valence-corrected chi connectivity index (χ0v) is 19.1. The van der Waals surface area contributed by atoms with Gasteiger partial charge < -0.3 is 16.0 Å². The van der Waals surface area contributed by atoms with E-state index in [0.29, 0.717) is 31.3 Å². The highest BCUT2D eigenvalue weighted by Gasteiger charge is 2.09. The van der Waals surface area contributed by atoms with E-state index in [0.717, 1.165) is 34.9 Å². The van der Waals surface area contributed by atoms with Crippen molar-refractivity contribution in [1.82, 2.24) is 25.4 Å². The summed E-state index contributed by atoms with van der Waals surface area (Å²) in [5.74, 6) is 1.13. The maximum atomic E-state index is 12.2. The number of aryl methyl sites for hydroxylation is 3. The van der Waals surface area contributed by atoms with E-state index in [1.165, 1.54) is 0 Å². The molecule has 0 atom stereocenters. The first-order valence-electron chi connectivity index (χ1n) is 10.8. The highest BCUT2D eigenvalue weighted by Crippen LogP contribution is 2.17. The number of aliphatic imine (C=N–C) groups is 1. The summed E-state index contributed by atoms with van der Waals surface area (Å²) in [6.45, 7) is 9.61. The summed E-state index contributed by atoms with van der Waals surface area (Å²) in [6.07, 6.45) is 0.308. The van der Waals surface area contributed by atoms with Crippen molar-refractivity contribution in [3.05, 3.63) is 71.2 Å². The Bertz CT molecular complexity index is 1090. The van der Waals surface area contributed by atoms with Crippen LogP contribution in [0.15, 0.2) is 53.5 Å². The smallest absolute Gasteiger partial charge is 0.227 e. The van der Waals surface area contributed by atoms with Crippen LogP contribution in [-0.4, -0.2) is 39.7 Å². The van der Waals surface area contributed by atoms with E-state index in [2.05, 4.69) is 38.2 Å². The van der Waals surface area contributed by atoms with Crippen LogP contribution in [0.1, 0.15) is 36.0 Å². The Morgan fingerprint density at radius 3 is 2.56 bits per heavy atom.